The Morgan fingerprint density at radius 3 is 2.73 bits per heavy atom. The summed E-state index contributed by atoms with van der Waals surface area (Å²) in [6.45, 7) is 2.30. The van der Waals surface area contributed by atoms with Gasteiger partial charge in [-0.3, -0.25) is 14.7 Å². The van der Waals surface area contributed by atoms with Gasteiger partial charge in [0.1, 0.15) is 5.82 Å². The summed E-state index contributed by atoms with van der Waals surface area (Å²) in [5.74, 6) is 0.278. The monoisotopic (exact) mass is 355 g/mol. The molecule has 1 aliphatic rings. The van der Waals surface area contributed by atoms with Crippen molar-refractivity contribution < 1.29 is 9.18 Å². The second kappa shape index (κ2) is 8.41. The summed E-state index contributed by atoms with van der Waals surface area (Å²) in [5.41, 5.74) is 3.14. The van der Waals surface area contributed by atoms with Crippen molar-refractivity contribution in [3.63, 3.8) is 0 Å². The van der Waals surface area contributed by atoms with Crippen LogP contribution >= 0.6 is 0 Å². The van der Waals surface area contributed by atoms with Gasteiger partial charge >= 0.3 is 0 Å². The summed E-state index contributed by atoms with van der Waals surface area (Å²) in [7, 11) is 3.59. The molecule has 1 fully saturated rings. The van der Waals surface area contributed by atoms with Gasteiger partial charge in [-0.05, 0) is 49.2 Å². The number of amides is 1. The minimum Gasteiger partial charge on any atom is -0.348 e. The number of hydrogen-bond donors (Lipinski definition) is 0. The van der Waals surface area contributed by atoms with Crippen molar-refractivity contribution in [3.05, 3.63) is 65.2 Å². The van der Waals surface area contributed by atoms with E-state index in [1.165, 1.54) is 12.1 Å². The van der Waals surface area contributed by atoms with Crippen LogP contribution in [0.25, 0.3) is 0 Å². The van der Waals surface area contributed by atoms with Crippen molar-refractivity contribution in [2.75, 3.05) is 33.7 Å². The zero-order valence-corrected chi connectivity index (χ0v) is 15.5. The molecule has 1 atom stereocenters. The quantitative estimate of drug-likeness (QED) is 0.827. The molecule has 0 N–H and O–H groups in total. The number of aromatic nitrogens is 1. The lowest BCUT2D eigenvalue weighted by molar-refractivity contribution is -0.130. The van der Waals surface area contributed by atoms with E-state index in [-0.39, 0.29) is 11.7 Å². The number of pyridine rings is 1. The van der Waals surface area contributed by atoms with Crippen molar-refractivity contribution in [1.82, 2.24) is 14.8 Å². The first-order chi connectivity index (χ1) is 12.5. The van der Waals surface area contributed by atoms with E-state index >= 15 is 0 Å². The molecule has 0 bridgehead atoms. The van der Waals surface area contributed by atoms with Gasteiger partial charge in [-0.2, -0.15) is 0 Å². The molecular formula is C21H26FN3O. The molecule has 138 valence electrons. The molecule has 1 aromatic carbocycles. The van der Waals surface area contributed by atoms with Gasteiger partial charge in [0.2, 0.25) is 5.91 Å². The molecule has 26 heavy (non-hydrogen) atoms. The Morgan fingerprint density at radius 1 is 1.23 bits per heavy atom. The summed E-state index contributed by atoms with van der Waals surface area (Å²) in [6, 6.07) is 12.7. The van der Waals surface area contributed by atoms with Gasteiger partial charge in [-0.15, -0.1) is 0 Å². The van der Waals surface area contributed by atoms with E-state index in [1.54, 1.807) is 31.1 Å². The van der Waals surface area contributed by atoms with Crippen molar-refractivity contribution >= 4 is 5.91 Å². The first-order valence-corrected chi connectivity index (χ1v) is 9.14. The Kier molecular flexibility index (Phi) is 5.99. The molecule has 0 aliphatic carbocycles. The highest BCUT2D eigenvalue weighted by Gasteiger charge is 2.24. The Hall–Kier alpha value is -2.27. The molecule has 1 aromatic heterocycles. The minimum absolute atomic E-state index is 0.142. The van der Waals surface area contributed by atoms with E-state index in [1.807, 2.05) is 12.1 Å². The van der Waals surface area contributed by atoms with Crippen LogP contribution < -0.4 is 0 Å². The van der Waals surface area contributed by atoms with Gasteiger partial charge in [-0.1, -0.05) is 18.2 Å². The maximum Gasteiger partial charge on any atom is 0.236 e. The van der Waals surface area contributed by atoms with E-state index in [2.05, 4.69) is 11.0 Å². The SMILES string of the molecule is CN(C)C(=O)CN1CCCC(c2cccc(Cc3ccc(F)cc3)n2)C1. The maximum absolute atomic E-state index is 13.1. The highest BCUT2D eigenvalue weighted by molar-refractivity contribution is 5.77. The molecule has 2 heterocycles. The molecule has 3 rings (SSSR count). The Morgan fingerprint density at radius 2 is 2.00 bits per heavy atom. The Balaban J connectivity index is 1.67. The summed E-state index contributed by atoms with van der Waals surface area (Å²) in [5, 5.41) is 0. The number of likely N-dealkylation sites (tertiary alicyclic amines) is 1. The van der Waals surface area contributed by atoms with Crippen LogP contribution in [0.4, 0.5) is 4.39 Å². The smallest absolute Gasteiger partial charge is 0.236 e. The van der Waals surface area contributed by atoms with Crippen LogP contribution in [0.1, 0.15) is 35.7 Å². The van der Waals surface area contributed by atoms with Gasteiger partial charge in [0, 0.05) is 44.4 Å². The topological polar surface area (TPSA) is 36.4 Å². The lowest BCUT2D eigenvalue weighted by Gasteiger charge is -2.32. The molecule has 1 amide bonds. The van der Waals surface area contributed by atoms with Gasteiger partial charge in [0.15, 0.2) is 0 Å². The molecule has 1 saturated heterocycles. The van der Waals surface area contributed by atoms with E-state index in [9.17, 15) is 9.18 Å². The average molecular weight is 355 g/mol. The maximum atomic E-state index is 13.1. The fourth-order valence-corrected chi connectivity index (χ4v) is 3.41. The second-order valence-corrected chi connectivity index (χ2v) is 7.22. The highest BCUT2D eigenvalue weighted by atomic mass is 19.1. The number of nitrogens with zero attached hydrogens (tertiary/aromatic N) is 3. The molecule has 0 radical (unpaired) electrons. The first-order valence-electron chi connectivity index (χ1n) is 9.14. The van der Waals surface area contributed by atoms with Gasteiger partial charge in [0.05, 0.1) is 6.54 Å². The summed E-state index contributed by atoms with van der Waals surface area (Å²) in [6.07, 6.45) is 2.87. The van der Waals surface area contributed by atoms with Crippen LogP contribution in [-0.2, 0) is 11.2 Å². The summed E-state index contributed by atoms with van der Waals surface area (Å²) >= 11 is 0. The van der Waals surface area contributed by atoms with Crippen molar-refractivity contribution in [3.8, 4) is 0 Å². The third-order valence-electron chi connectivity index (χ3n) is 4.91. The van der Waals surface area contributed by atoms with Gasteiger partial charge < -0.3 is 4.90 Å². The number of piperidine rings is 1. The Labute approximate surface area is 154 Å². The van der Waals surface area contributed by atoms with Crippen LogP contribution in [0.5, 0.6) is 0 Å². The third kappa shape index (κ3) is 4.88. The zero-order chi connectivity index (χ0) is 18.5. The van der Waals surface area contributed by atoms with Crippen molar-refractivity contribution in [2.24, 2.45) is 0 Å². The summed E-state index contributed by atoms with van der Waals surface area (Å²) in [4.78, 5) is 20.7. The Bertz CT molecular complexity index is 745. The van der Waals surface area contributed by atoms with Crippen LogP contribution in [0.3, 0.4) is 0 Å². The van der Waals surface area contributed by atoms with E-state index in [0.717, 1.165) is 42.9 Å². The first kappa shape index (κ1) is 18.5. The number of likely N-dealkylation sites (N-methyl/N-ethyl adjacent to an activating group) is 1. The number of rotatable bonds is 5. The molecule has 4 nitrogen and oxygen atoms in total. The predicted octanol–water partition coefficient (Wildman–Crippen LogP) is 3.08. The van der Waals surface area contributed by atoms with Gasteiger partial charge in [-0.25, -0.2) is 4.39 Å². The number of hydrogen-bond acceptors (Lipinski definition) is 3. The molecule has 1 aliphatic heterocycles. The van der Waals surface area contributed by atoms with Crippen LogP contribution in [0, 0.1) is 5.82 Å². The lowest BCUT2D eigenvalue weighted by Crippen LogP contribution is -2.41. The highest BCUT2D eigenvalue weighted by Crippen LogP contribution is 2.26. The van der Waals surface area contributed by atoms with Gasteiger partial charge in [0.25, 0.3) is 0 Å². The van der Waals surface area contributed by atoms with E-state index < -0.39 is 0 Å². The van der Waals surface area contributed by atoms with E-state index in [0.29, 0.717) is 18.9 Å². The lowest BCUT2D eigenvalue weighted by atomic mass is 9.94. The van der Waals surface area contributed by atoms with Crippen molar-refractivity contribution in [1.29, 1.82) is 0 Å². The third-order valence-corrected chi connectivity index (χ3v) is 4.91. The predicted molar refractivity (Wildman–Crippen MR) is 101 cm³/mol. The van der Waals surface area contributed by atoms with Crippen LogP contribution in [-0.4, -0.2) is 54.4 Å². The van der Waals surface area contributed by atoms with Crippen LogP contribution in [0.2, 0.25) is 0 Å². The molecule has 1 unspecified atom stereocenters. The molecule has 2 aromatic rings. The van der Waals surface area contributed by atoms with E-state index in [4.69, 9.17) is 4.98 Å². The minimum atomic E-state index is -0.218. The fourth-order valence-electron chi connectivity index (χ4n) is 3.41. The standard InChI is InChI=1S/C21H26FN3O/c1-24(2)21(26)15-25-12-4-5-17(14-25)20-7-3-6-19(23-20)13-16-8-10-18(22)11-9-16/h3,6-11,17H,4-5,12-15H2,1-2H3. The fraction of sp³-hybridized carbons (Fsp3) is 0.429. The molecule has 5 heteroatoms. The number of benzene rings is 1. The number of halogens is 1. The zero-order valence-electron chi connectivity index (χ0n) is 15.5. The number of carbonyl (C=O) groups excluding carboxylic acids is 1. The number of carbonyl (C=O) groups is 1. The summed E-state index contributed by atoms with van der Waals surface area (Å²) < 4.78 is 13.1. The van der Waals surface area contributed by atoms with Crippen molar-refractivity contribution in [2.45, 2.75) is 25.2 Å². The largest absolute Gasteiger partial charge is 0.348 e. The van der Waals surface area contributed by atoms with Crippen LogP contribution in [0.15, 0.2) is 42.5 Å². The average Bonchev–Trinajstić information content (AvgIpc) is 2.64. The second-order valence-electron chi connectivity index (χ2n) is 7.22. The molecule has 0 saturated carbocycles. The molecular weight excluding hydrogens is 329 g/mol. The molecule has 0 spiro atoms. The normalized spacial score (nSPS) is 17.9.